The quantitative estimate of drug-likeness (QED) is 0.598. The van der Waals surface area contributed by atoms with Gasteiger partial charge in [-0.15, -0.1) is 0 Å². The topological polar surface area (TPSA) is 102 Å². The number of benzene rings is 1. The summed E-state index contributed by atoms with van der Waals surface area (Å²) in [5.74, 6) is -1.32. The molecule has 1 saturated heterocycles. The van der Waals surface area contributed by atoms with Crippen LogP contribution in [-0.4, -0.2) is 54.0 Å². The van der Waals surface area contributed by atoms with Crippen LogP contribution in [0.15, 0.2) is 24.3 Å². The fourth-order valence-electron chi connectivity index (χ4n) is 2.86. The summed E-state index contributed by atoms with van der Waals surface area (Å²) in [6, 6.07) is 6.45. The Labute approximate surface area is 170 Å². The monoisotopic (exact) mass is 404 g/mol. The number of nitrogens with zero attached hydrogens (tertiary/aromatic N) is 1. The van der Waals surface area contributed by atoms with Crippen LogP contribution in [0.25, 0.3) is 0 Å². The van der Waals surface area contributed by atoms with E-state index in [-0.39, 0.29) is 24.4 Å². The number of ether oxygens (including phenoxy) is 2. The summed E-state index contributed by atoms with van der Waals surface area (Å²) >= 11 is 0. The highest BCUT2D eigenvalue weighted by molar-refractivity contribution is 5.96. The van der Waals surface area contributed by atoms with Gasteiger partial charge >= 0.3 is 12.1 Å². The smallest absolute Gasteiger partial charge is 0.410 e. The lowest BCUT2D eigenvalue weighted by atomic mass is 9.97. The number of hydrogen-bond acceptors (Lipinski definition) is 6. The van der Waals surface area contributed by atoms with Crippen molar-refractivity contribution in [3.8, 4) is 0 Å². The first-order valence-corrected chi connectivity index (χ1v) is 9.60. The maximum atomic E-state index is 12.2. The Balaban J connectivity index is 1.73. The largest absolute Gasteiger partial charge is 0.455 e. The summed E-state index contributed by atoms with van der Waals surface area (Å²) in [6.45, 7) is 7.30. The summed E-state index contributed by atoms with van der Waals surface area (Å²) in [6.07, 6.45) is 0.540. The van der Waals surface area contributed by atoms with Crippen molar-refractivity contribution in [2.45, 2.75) is 46.1 Å². The number of rotatable bonds is 5. The minimum atomic E-state index is -0.563. The fourth-order valence-corrected chi connectivity index (χ4v) is 2.86. The van der Waals surface area contributed by atoms with E-state index in [1.807, 2.05) is 0 Å². The lowest BCUT2D eigenvalue weighted by molar-refractivity contribution is -0.153. The molecular weight excluding hydrogens is 376 g/mol. The highest BCUT2D eigenvalue weighted by atomic mass is 16.6. The van der Waals surface area contributed by atoms with Crippen molar-refractivity contribution in [3.05, 3.63) is 29.8 Å². The molecule has 0 aliphatic carbocycles. The number of esters is 1. The fraction of sp³-hybridized carbons (Fsp3) is 0.524. The second-order valence-corrected chi connectivity index (χ2v) is 8.03. The average Bonchev–Trinajstić information content (AvgIpc) is 2.65. The Morgan fingerprint density at radius 1 is 1.07 bits per heavy atom. The molecule has 8 nitrogen and oxygen atoms in total. The lowest BCUT2D eigenvalue weighted by Crippen LogP contribution is -2.43. The normalized spacial score (nSPS) is 14.8. The SMILES string of the molecule is CC(=O)c1ccc(NC(=O)COC(=O)C2CCN(C(=O)OC(C)(C)C)CC2)cc1. The Bertz CT molecular complexity index is 758. The third-order valence-corrected chi connectivity index (χ3v) is 4.40. The first kappa shape index (κ1) is 22.4. The van der Waals surface area contributed by atoms with Gasteiger partial charge in [-0.1, -0.05) is 0 Å². The van der Waals surface area contributed by atoms with Crippen molar-refractivity contribution in [2.75, 3.05) is 25.0 Å². The highest BCUT2D eigenvalue weighted by Gasteiger charge is 2.30. The highest BCUT2D eigenvalue weighted by Crippen LogP contribution is 2.21. The molecule has 0 radical (unpaired) electrons. The lowest BCUT2D eigenvalue weighted by Gasteiger charge is -2.32. The minimum Gasteiger partial charge on any atom is -0.455 e. The van der Waals surface area contributed by atoms with Crippen LogP contribution in [0.1, 0.15) is 50.9 Å². The summed E-state index contributed by atoms with van der Waals surface area (Å²) in [4.78, 5) is 49.1. The number of hydrogen-bond donors (Lipinski definition) is 1. The van der Waals surface area contributed by atoms with Crippen LogP contribution < -0.4 is 5.32 Å². The molecule has 1 aromatic rings. The maximum absolute atomic E-state index is 12.2. The van der Waals surface area contributed by atoms with E-state index in [0.717, 1.165) is 0 Å². The first-order valence-electron chi connectivity index (χ1n) is 9.60. The van der Waals surface area contributed by atoms with E-state index in [0.29, 0.717) is 37.2 Å². The van der Waals surface area contributed by atoms with Gasteiger partial charge in [0.05, 0.1) is 5.92 Å². The molecule has 1 N–H and O–H groups in total. The van der Waals surface area contributed by atoms with Gasteiger partial charge in [-0.3, -0.25) is 14.4 Å². The number of anilines is 1. The summed E-state index contributed by atoms with van der Waals surface area (Å²) in [5.41, 5.74) is 0.501. The molecule has 1 fully saturated rings. The van der Waals surface area contributed by atoms with Crippen LogP contribution in [0.2, 0.25) is 0 Å². The summed E-state index contributed by atoms with van der Waals surface area (Å²) in [5, 5.41) is 2.61. The van der Waals surface area contributed by atoms with Crippen LogP contribution >= 0.6 is 0 Å². The van der Waals surface area contributed by atoms with E-state index in [2.05, 4.69) is 5.32 Å². The van der Waals surface area contributed by atoms with Crippen LogP contribution in [0, 0.1) is 5.92 Å². The van der Waals surface area contributed by atoms with E-state index in [4.69, 9.17) is 9.47 Å². The van der Waals surface area contributed by atoms with E-state index in [9.17, 15) is 19.2 Å². The van der Waals surface area contributed by atoms with Crippen LogP contribution in [-0.2, 0) is 19.1 Å². The van der Waals surface area contributed by atoms with E-state index >= 15 is 0 Å². The van der Waals surface area contributed by atoms with Crippen molar-refractivity contribution < 1.29 is 28.7 Å². The third kappa shape index (κ3) is 7.21. The van der Waals surface area contributed by atoms with Crippen molar-refractivity contribution >= 4 is 29.4 Å². The standard InChI is InChI=1S/C21H28N2O6/c1-14(24)15-5-7-17(8-6-15)22-18(25)13-28-19(26)16-9-11-23(12-10-16)20(27)29-21(2,3)4/h5-8,16H,9-13H2,1-4H3,(H,22,25). The summed E-state index contributed by atoms with van der Waals surface area (Å²) in [7, 11) is 0. The number of carbonyl (C=O) groups excluding carboxylic acids is 4. The molecule has 0 aromatic heterocycles. The zero-order chi connectivity index (χ0) is 21.6. The first-order chi connectivity index (χ1) is 13.5. The van der Waals surface area contributed by atoms with Gasteiger partial charge in [-0.25, -0.2) is 4.79 Å². The Morgan fingerprint density at radius 3 is 2.17 bits per heavy atom. The molecule has 0 unspecified atom stereocenters. The predicted octanol–water partition coefficient (Wildman–Crippen LogP) is 3.02. The average molecular weight is 404 g/mol. The molecular formula is C21H28N2O6. The van der Waals surface area contributed by atoms with Gasteiger partial charge < -0.3 is 19.7 Å². The third-order valence-electron chi connectivity index (χ3n) is 4.40. The molecule has 2 rings (SSSR count). The number of carbonyl (C=O) groups is 4. The van der Waals surface area contributed by atoms with Crippen LogP contribution in [0.4, 0.5) is 10.5 Å². The van der Waals surface area contributed by atoms with Crippen LogP contribution in [0.3, 0.4) is 0 Å². The molecule has 0 atom stereocenters. The number of ketones is 1. The Hall–Kier alpha value is -2.90. The minimum absolute atomic E-state index is 0.0606. The zero-order valence-electron chi connectivity index (χ0n) is 17.3. The molecule has 1 heterocycles. The van der Waals surface area contributed by atoms with Gasteiger partial charge in [0.15, 0.2) is 12.4 Å². The Morgan fingerprint density at radius 2 is 1.66 bits per heavy atom. The number of likely N-dealkylation sites (tertiary alicyclic amines) is 1. The molecule has 1 aliphatic heterocycles. The number of amides is 2. The second-order valence-electron chi connectivity index (χ2n) is 8.03. The van der Waals surface area contributed by atoms with Gasteiger partial charge in [0.1, 0.15) is 5.60 Å². The van der Waals surface area contributed by atoms with Gasteiger partial charge in [0.25, 0.3) is 5.91 Å². The van der Waals surface area contributed by atoms with Crippen molar-refractivity contribution in [3.63, 3.8) is 0 Å². The summed E-state index contributed by atoms with van der Waals surface area (Å²) < 4.78 is 10.4. The number of piperidine rings is 1. The second kappa shape index (κ2) is 9.54. The van der Waals surface area contributed by atoms with Gasteiger partial charge in [0.2, 0.25) is 0 Å². The molecule has 0 spiro atoms. The molecule has 0 saturated carbocycles. The molecule has 1 aliphatic rings. The van der Waals surface area contributed by atoms with E-state index in [1.165, 1.54) is 6.92 Å². The van der Waals surface area contributed by atoms with E-state index < -0.39 is 17.5 Å². The maximum Gasteiger partial charge on any atom is 0.410 e. The molecule has 2 amide bonds. The van der Waals surface area contributed by atoms with Crippen molar-refractivity contribution in [2.24, 2.45) is 5.92 Å². The number of Topliss-reactive ketones (excluding diaryl/α,β-unsaturated/α-hetero) is 1. The van der Waals surface area contributed by atoms with Crippen LogP contribution in [0.5, 0.6) is 0 Å². The van der Waals surface area contributed by atoms with Crippen molar-refractivity contribution in [1.29, 1.82) is 0 Å². The molecule has 29 heavy (non-hydrogen) atoms. The van der Waals surface area contributed by atoms with Gasteiger partial charge in [0, 0.05) is 24.3 Å². The zero-order valence-corrected chi connectivity index (χ0v) is 17.3. The molecule has 8 heteroatoms. The van der Waals surface area contributed by atoms with E-state index in [1.54, 1.807) is 49.9 Å². The molecule has 158 valence electrons. The molecule has 0 bridgehead atoms. The van der Waals surface area contributed by atoms with Crippen molar-refractivity contribution in [1.82, 2.24) is 4.90 Å². The predicted molar refractivity (Wildman–Crippen MR) is 107 cm³/mol. The van der Waals surface area contributed by atoms with Gasteiger partial charge in [-0.2, -0.15) is 0 Å². The number of nitrogens with one attached hydrogen (secondary N) is 1. The molecule has 1 aromatic carbocycles. The van der Waals surface area contributed by atoms with Gasteiger partial charge in [-0.05, 0) is 64.8 Å². The Kier molecular flexibility index (Phi) is 7.36.